The Labute approximate surface area is 253 Å². The van der Waals surface area contributed by atoms with Crippen LogP contribution >= 0.6 is 11.3 Å². The number of rotatable bonds is 10. The van der Waals surface area contributed by atoms with Crippen molar-refractivity contribution >= 4 is 34.4 Å². The van der Waals surface area contributed by atoms with E-state index >= 15 is 0 Å². The lowest BCUT2D eigenvalue weighted by Crippen LogP contribution is -2.35. The molecule has 0 unspecified atom stereocenters. The average molecular weight is 598 g/mol. The summed E-state index contributed by atoms with van der Waals surface area (Å²) in [6.07, 6.45) is 2.08. The number of aromatic nitrogens is 3. The highest BCUT2D eigenvalue weighted by molar-refractivity contribution is 7.12. The zero-order valence-corrected chi connectivity index (χ0v) is 24.5. The van der Waals surface area contributed by atoms with Gasteiger partial charge >= 0.3 is 0 Å². The highest BCUT2D eigenvalue weighted by Crippen LogP contribution is 2.34. The van der Waals surface area contributed by atoms with E-state index in [2.05, 4.69) is 21.6 Å². The van der Waals surface area contributed by atoms with Crippen molar-refractivity contribution in [2.24, 2.45) is 0 Å². The minimum absolute atomic E-state index is 0.184. The van der Waals surface area contributed by atoms with Crippen molar-refractivity contribution in [2.45, 2.75) is 51.9 Å². The lowest BCUT2D eigenvalue weighted by atomic mass is 9.95. The van der Waals surface area contributed by atoms with Gasteiger partial charge in [0.15, 0.2) is 0 Å². The van der Waals surface area contributed by atoms with E-state index in [1.807, 2.05) is 36.4 Å². The number of imidazole rings is 1. The highest BCUT2D eigenvalue weighted by Gasteiger charge is 2.28. The molecular formula is C32H31N5O5S. The number of fused-ring (bicyclic) bond motifs is 3. The Morgan fingerprint density at radius 3 is 2.88 bits per heavy atom. The van der Waals surface area contributed by atoms with E-state index in [0.717, 1.165) is 77.6 Å². The van der Waals surface area contributed by atoms with E-state index < -0.39 is 0 Å². The Hall–Kier alpha value is -4.08. The molecule has 3 aliphatic heterocycles. The first-order valence-electron chi connectivity index (χ1n) is 14.4. The lowest BCUT2D eigenvalue weighted by Gasteiger charge is -2.31. The minimum atomic E-state index is 0.184. The molecule has 220 valence electrons. The average Bonchev–Trinajstić information content (AvgIpc) is 3.56. The summed E-state index contributed by atoms with van der Waals surface area (Å²) in [4.78, 5) is 24.8. The molecule has 7 rings (SSSR count). The molecule has 11 heteroatoms. The first kappa shape index (κ1) is 27.7. The third-order valence-corrected chi connectivity index (χ3v) is 9.14. The maximum Gasteiger partial charge on any atom is 0.293 e. The van der Waals surface area contributed by atoms with Crippen LogP contribution in [0.5, 0.6) is 5.88 Å². The Morgan fingerprint density at radius 2 is 2.07 bits per heavy atom. The first-order chi connectivity index (χ1) is 21.2. The van der Waals surface area contributed by atoms with E-state index in [1.165, 1.54) is 22.5 Å². The fourth-order valence-corrected chi connectivity index (χ4v) is 6.63. The maximum absolute atomic E-state index is 10.7. The minimum Gasteiger partial charge on any atom is -0.472 e. The van der Waals surface area contributed by atoms with Crippen LogP contribution in [0.15, 0.2) is 48.0 Å². The second-order valence-corrected chi connectivity index (χ2v) is 12.2. The molecule has 3 aromatic heterocycles. The summed E-state index contributed by atoms with van der Waals surface area (Å²) in [6.45, 7) is 6.07. The van der Waals surface area contributed by atoms with E-state index in [1.54, 1.807) is 0 Å². The summed E-state index contributed by atoms with van der Waals surface area (Å²) in [5.74, 6) is 1.58. The van der Waals surface area contributed by atoms with Crippen LogP contribution in [0.3, 0.4) is 0 Å². The Morgan fingerprint density at radius 1 is 1.14 bits per heavy atom. The van der Waals surface area contributed by atoms with Crippen LogP contribution in [-0.4, -0.2) is 58.3 Å². The number of ether oxygens (including phenoxy) is 4. The van der Waals surface area contributed by atoms with Crippen molar-refractivity contribution in [3.05, 3.63) is 80.4 Å². The number of benzene rings is 1. The Kier molecular flexibility index (Phi) is 7.91. The number of carbonyl (C=O) groups excluding carboxylic acids is 1. The monoisotopic (exact) mass is 597 g/mol. The van der Waals surface area contributed by atoms with Gasteiger partial charge in [-0.05, 0) is 59.9 Å². The van der Waals surface area contributed by atoms with Crippen LogP contribution in [0.25, 0.3) is 16.6 Å². The molecule has 1 atom stereocenters. The lowest BCUT2D eigenvalue weighted by molar-refractivity contribution is -0.129. The van der Waals surface area contributed by atoms with Crippen molar-refractivity contribution in [3.63, 3.8) is 0 Å². The normalized spacial score (nSPS) is 18.3. The summed E-state index contributed by atoms with van der Waals surface area (Å²) < 4.78 is 25.2. The molecule has 4 aromatic rings. The number of carbonyl (C=O) groups is 1. The molecule has 6 heterocycles. The number of nitrogens with zero attached hydrogens (tertiary/aromatic N) is 5. The Bertz CT molecular complexity index is 1730. The molecule has 3 aliphatic rings. The fourth-order valence-electron chi connectivity index (χ4n) is 5.91. The van der Waals surface area contributed by atoms with Crippen LogP contribution in [0.2, 0.25) is 0 Å². The molecule has 0 radical (unpaired) electrons. The number of pyridine rings is 1. The van der Waals surface area contributed by atoms with Crippen LogP contribution in [0, 0.1) is 11.3 Å². The third-order valence-electron chi connectivity index (χ3n) is 8.18. The van der Waals surface area contributed by atoms with Gasteiger partial charge in [-0.2, -0.15) is 5.26 Å². The van der Waals surface area contributed by atoms with Gasteiger partial charge < -0.3 is 23.5 Å². The maximum atomic E-state index is 10.7. The van der Waals surface area contributed by atoms with E-state index in [9.17, 15) is 4.79 Å². The SMILES string of the molecule is N#Cc1ccc(COc2ccc3c(n2)C2=C(COC3)CN(Cc3nc4ccc(COC=O)cc4n3C[C@@H]3CCO3)CC2)s1. The summed E-state index contributed by atoms with van der Waals surface area (Å²) in [5.41, 5.74) is 7.42. The van der Waals surface area contributed by atoms with E-state index in [0.29, 0.717) is 43.6 Å². The first-order valence-corrected chi connectivity index (χ1v) is 15.3. The summed E-state index contributed by atoms with van der Waals surface area (Å²) in [6, 6.07) is 15.9. The van der Waals surface area contributed by atoms with Crippen molar-refractivity contribution < 1.29 is 23.7 Å². The molecule has 1 saturated heterocycles. The number of nitriles is 1. The number of thiophene rings is 1. The summed E-state index contributed by atoms with van der Waals surface area (Å²) >= 11 is 1.44. The molecule has 0 spiro atoms. The smallest absolute Gasteiger partial charge is 0.293 e. The molecule has 1 fully saturated rings. The quantitative estimate of drug-likeness (QED) is 0.242. The number of hydrogen-bond acceptors (Lipinski definition) is 10. The van der Waals surface area contributed by atoms with Crippen LogP contribution in [0.4, 0.5) is 0 Å². The highest BCUT2D eigenvalue weighted by atomic mass is 32.1. The van der Waals surface area contributed by atoms with Crippen molar-refractivity contribution in [1.29, 1.82) is 5.26 Å². The van der Waals surface area contributed by atoms with E-state index in [4.69, 9.17) is 34.2 Å². The number of hydrogen-bond donors (Lipinski definition) is 0. The van der Waals surface area contributed by atoms with Gasteiger partial charge in [-0.15, -0.1) is 11.3 Å². The molecule has 0 saturated carbocycles. The summed E-state index contributed by atoms with van der Waals surface area (Å²) in [5, 5.41) is 9.10. The topological polar surface area (TPSA) is 112 Å². The fraction of sp³-hybridized carbons (Fsp3) is 0.375. The molecule has 10 nitrogen and oxygen atoms in total. The second kappa shape index (κ2) is 12.3. The van der Waals surface area contributed by atoms with Gasteiger partial charge in [-0.1, -0.05) is 6.07 Å². The van der Waals surface area contributed by atoms with Gasteiger partial charge in [0.25, 0.3) is 6.47 Å². The van der Waals surface area contributed by atoms with Gasteiger partial charge in [-0.25, -0.2) is 9.97 Å². The zero-order valence-electron chi connectivity index (χ0n) is 23.7. The standard InChI is InChI=1S/C32H31N5O5S/c33-12-25-3-4-26(43-25)19-42-31-6-2-22-17-39-18-23-13-36(9-7-27(23)32(22)35-31)15-30-34-28-5-1-21(16-40-20-38)11-29(28)37(30)14-24-8-10-41-24/h1-6,11,20,24H,7-10,13-19H2/t24-/m0/s1. The largest absolute Gasteiger partial charge is 0.472 e. The van der Waals surface area contributed by atoms with Gasteiger partial charge in [0.1, 0.15) is 30.0 Å². The molecule has 0 bridgehead atoms. The van der Waals surface area contributed by atoms with Crippen LogP contribution in [0.1, 0.15) is 45.2 Å². The molecular weight excluding hydrogens is 566 g/mol. The Balaban J connectivity index is 1.11. The predicted octanol–water partition coefficient (Wildman–Crippen LogP) is 4.60. The van der Waals surface area contributed by atoms with Gasteiger partial charge in [0.05, 0.1) is 49.1 Å². The van der Waals surface area contributed by atoms with Crippen molar-refractivity contribution in [1.82, 2.24) is 19.4 Å². The van der Waals surface area contributed by atoms with Crippen molar-refractivity contribution in [3.8, 4) is 11.9 Å². The molecule has 0 aliphatic carbocycles. The molecule has 1 aromatic carbocycles. The molecule has 0 amide bonds. The second-order valence-electron chi connectivity index (χ2n) is 11.0. The van der Waals surface area contributed by atoms with E-state index in [-0.39, 0.29) is 12.7 Å². The third kappa shape index (κ3) is 5.92. The van der Waals surface area contributed by atoms with Crippen LogP contribution in [-0.2, 0) is 51.9 Å². The predicted molar refractivity (Wildman–Crippen MR) is 159 cm³/mol. The van der Waals surface area contributed by atoms with Crippen molar-refractivity contribution in [2.75, 3.05) is 26.3 Å². The molecule has 43 heavy (non-hydrogen) atoms. The van der Waals surface area contributed by atoms with Crippen LogP contribution < -0.4 is 4.74 Å². The van der Waals surface area contributed by atoms with Gasteiger partial charge in [0.2, 0.25) is 5.88 Å². The zero-order chi connectivity index (χ0) is 29.2. The van der Waals surface area contributed by atoms with Gasteiger partial charge in [0, 0.05) is 36.2 Å². The molecule has 0 N–H and O–H groups in total. The summed E-state index contributed by atoms with van der Waals surface area (Å²) in [7, 11) is 0. The van der Waals surface area contributed by atoms with Gasteiger partial charge in [-0.3, -0.25) is 9.69 Å².